The Bertz CT molecular complexity index is 1120. The molecule has 5 atom stereocenters. The largest absolute Gasteiger partial charge is 0.380 e. The van der Waals surface area contributed by atoms with Gasteiger partial charge in [-0.1, -0.05) is 55.5 Å². The Morgan fingerprint density at radius 1 is 1.23 bits per heavy atom. The zero-order chi connectivity index (χ0) is 25.6. The topological polar surface area (TPSA) is 90.0 Å². The number of carbonyl (C=O) groups is 1. The number of rotatable bonds is 7. The molecule has 1 saturated heterocycles. The van der Waals surface area contributed by atoms with Gasteiger partial charge in [-0.05, 0) is 36.8 Å². The lowest BCUT2D eigenvalue weighted by molar-refractivity contribution is -0.162. The van der Waals surface area contributed by atoms with Gasteiger partial charge < -0.3 is 10.0 Å². The number of hydrogen-bond donors (Lipinski definition) is 2. The molecule has 1 aromatic carbocycles. The predicted molar refractivity (Wildman–Crippen MR) is 130 cm³/mol. The molecule has 0 spiro atoms. The summed E-state index contributed by atoms with van der Waals surface area (Å²) in [6, 6.07) is 6.82. The highest BCUT2D eigenvalue weighted by molar-refractivity contribution is 7.87. The average molecular weight is 510 g/mol. The van der Waals surface area contributed by atoms with Crippen molar-refractivity contribution in [1.82, 2.24) is 13.9 Å². The second-order valence-corrected chi connectivity index (χ2v) is 12.2. The molecule has 192 valence electrons. The number of amides is 1. The zero-order valence-electron chi connectivity index (χ0n) is 20.2. The van der Waals surface area contributed by atoms with E-state index >= 15 is 8.78 Å². The molecule has 1 aliphatic heterocycles. The van der Waals surface area contributed by atoms with E-state index in [1.807, 2.05) is 18.2 Å². The first kappa shape index (κ1) is 25.9. The highest BCUT2D eigenvalue weighted by Gasteiger charge is 2.55. The van der Waals surface area contributed by atoms with Crippen LogP contribution in [0.3, 0.4) is 0 Å². The van der Waals surface area contributed by atoms with Gasteiger partial charge in [0.25, 0.3) is 16.1 Å². The Kier molecular flexibility index (Phi) is 6.95. The molecule has 0 aromatic heterocycles. The fraction of sp³-hybridized carbons (Fsp3) is 0.560. The first-order chi connectivity index (χ1) is 16.4. The quantitative estimate of drug-likeness (QED) is 0.591. The number of likely N-dealkylation sites (tertiary alicyclic amines) is 1. The molecule has 10 heteroatoms. The van der Waals surface area contributed by atoms with Crippen LogP contribution in [0, 0.1) is 5.41 Å². The fourth-order valence-electron chi connectivity index (χ4n) is 5.16. The van der Waals surface area contributed by atoms with Crippen molar-refractivity contribution in [2.75, 3.05) is 20.6 Å². The molecular weight excluding hydrogens is 476 g/mol. The molecule has 1 saturated carbocycles. The number of nitrogens with one attached hydrogen (secondary N) is 1. The number of hydrogen-bond acceptors (Lipinski definition) is 4. The molecule has 0 radical (unpaired) electrons. The molecule has 2 unspecified atom stereocenters. The Labute approximate surface area is 205 Å². The van der Waals surface area contributed by atoms with Crippen molar-refractivity contribution in [3.05, 3.63) is 54.1 Å². The Morgan fingerprint density at radius 3 is 2.46 bits per heavy atom. The Balaban J connectivity index is 1.67. The number of aliphatic hydroxyl groups is 1. The molecule has 1 aromatic rings. The zero-order valence-corrected chi connectivity index (χ0v) is 21.0. The third kappa shape index (κ3) is 4.81. The summed E-state index contributed by atoms with van der Waals surface area (Å²) in [7, 11) is -1.39. The van der Waals surface area contributed by atoms with Gasteiger partial charge in [0.15, 0.2) is 0 Å². The van der Waals surface area contributed by atoms with Gasteiger partial charge in [0.05, 0.1) is 18.6 Å². The smallest absolute Gasteiger partial charge is 0.279 e. The molecular formula is C25H33F2N3O4S. The third-order valence-electron chi connectivity index (χ3n) is 7.54. The fourth-order valence-corrected chi connectivity index (χ4v) is 6.02. The van der Waals surface area contributed by atoms with Crippen LogP contribution in [0.1, 0.15) is 38.2 Å². The van der Waals surface area contributed by atoms with E-state index in [1.165, 1.54) is 19.0 Å². The molecule has 1 amide bonds. The van der Waals surface area contributed by atoms with E-state index in [0.29, 0.717) is 17.6 Å². The number of nitrogens with zero attached hydrogens (tertiary/aromatic N) is 2. The molecule has 0 bridgehead atoms. The SMILES string of the molecule is CN(C)S(=O)(=O)N[C@H]1[C@@H](F)CN(C(=O)C2(O)CCC2)[C@H]1CC1(C)C=CC=C(c2ccccc2)C1F. The molecule has 7 nitrogen and oxygen atoms in total. The summed E-state index contributed by atoms with van der Waals surface area (Å²) in [6.07, 6.45) is 3.13. The van der Waals surface area contributed by atoms with Crippen molar-refractivity contribution in [1.29, 1.82) is 0 Å². The maximum Gasteiger partial charge on any atom is 0.279 e. The lowest BCUT2D eigenvalue weighted by Gasteiger charge is -2.43. The molecule has 35 heavy (non-hydrogen) atoms. The average Bonchev–Trinajstić information content (AvgIpc) is 3.08. The number of benzene rings is 1. The van der Waals surface area contributed by atoms with E-state index in [-0.39, 0.29) is 25.8 Å². The van der Waals surface area contributed by atoms with Gasteiger partial charge in [0.2, 0.25) is 0 Å². The monoisotopic (exact) mass is 509 g/mol. The van der Waals surface area contributed by atoms with Crippen LogP contribution in [0.15, 0.2) is 48.6 Å². The van der Waals surface area contributed by atoms with E-state index in [0.717, 1.165) is 4.31 Å². The summed E-state index contributed by atoms with van der Waals surface area (Å²) in [5.41, 5.74) is -1.55. The van der Waals surface area contributed by atoms with E-state index in [1.54, 1.807) is 37.3 Å². The summed E-state index contributed by atoms with van der Waals surface area (Å²) in [5.74, 6) is -0.624. The lowest BCUT2D eigenvalue weighted by atomic mass is 9.71. The second-order valence-electron chi connectivity index (χ2n) is 10.3. The van der Waals surface area contributed by atoms with Crippen LogP contribution in [-0.4, -0.2) is 79.3 Å². The van der Waals surface area contributed by atoms with Crippen molar-refractivity contribution in [3.8, 4) is 0 Å². The molecule has 2 N–H and O–H groups in total. The van der Waals surface area contributed by atoms with Gasteiger partial charge in [-0.15, -0.1) is 0 Å². The highest BCUT2D eigenvalue weighted by atomic mass is 32.2. The third-order valence-corrected chi connectivity index (χ3v) is 9.07. The van der Waals surface area contributed by atoms with Crippen LogP contribution < -0.4 is 4.72 Å². The van der Waals surface area contributed by atoms with Gasteiger partial charge in [-0.3, -0.25) is 4.79 Å². The minimum Gasteiger partial charge on any atom is -0.380 e. The lowest BCUT2D eigenvalue weighted by Crippen LogP contribution is -2.58. The van der Waals surface area contributed by atoms with Crippen molar-refractivity contribution in [3.63, 3.8) is 0 Å². The van der Waals surface area contributed by atoms with Crippen LogP contribution in [0.4, 0.5) is 8.78 Å². The number of carbonyl (C=O) groups excluding carboxylic acids is 1. The van der Waals surface area contributed by atoms with Crippen LogP contribution >= 0.6 is 0 Å². The van der Waals surface area contributed by atoms with Gasteiger partial charge in [0, 0.05) is 19.5 Å². The van der Waals surface area contributed by atoms with Gasteiger partial charge in [0.1, 0.15) is 17.9 Å². The summed E-state index contributed by atoms with van der Waals surface area (Å²) < 4.78 is 59.9. The predicted octanol–water partition coefficient (Wildman–Crippen LogP) is 2.60. The first-order valence-electron chi connectivity index (χ1n) is 11.8. The summed E-state index contributed by atoms with van der Waals surface area (Å²) in [6.45, 7) is 1.32. The highest BCUT2D eigenvalue weighted by Crippen LogP contribution is 2.45. The maximum absolute atomic E-state index is 16.1. The van der Waals surface area contributed by atoms with Crippen LogP contribution in [0.2, 0.25) is 0 Å². The van der Waals surface area contributed by atoms with E-state index in [2.05, 4.69) is 4.72 Å². The number of alkyl halides is 2. The molecule has 2 aliphatic carbocycles. The van der Waals surface area contributed by atoms with Crippen LogP contribution in [0.5, 0.6) is 0 Å². The van der Waals surface area contributed by atoms with E-state index in [9.17, 15) is 18.3 Å². The summed E-state index contributed by atoms with van der Waals surface area (Å²) >= 11 is 0. The van der Waals surface area contributed by atoms with Crippen molar-refractivity contribution in [2.45, 2.75) is 62.6 Å². The minimum absolute atomic E-state index is 0.0301. The van der Waals surface area contributed by atoms with Crippen molar-refractivity contribution < 1.29 is 27.1 Å². The van der Waals surface area contributed by atoms with Crippen molar-refractivity contribution in [2.24, 2.45) is 5.41 Å². The normalized spacial score (nSPS) is 32.4. The van der Waals surface area contributed by atoms with Gasteiger partial charge >= 0.3 is 0 Å². The van der Waals surface area contributed by atoms with Crippen LogP contribution in [-0.2, 0) is 15.0 Å². The molecule has 4 rings (SSSR count). The van der Waals surface area contributed by atoms with Gasteiger partial charge in [-0.2, -0.15) is 17.4 Å². The Morgan fingerprint density at radius 2 is 1.89 bits per heavy atom. The number of halogens is 2. The Hall–Kier alpha value is -2.14. The van der Waals surface area contributed by atoms with E-state index < -0.39 is 51.6 Å². The van der Waals surface area contributed by atoms with E-state index in [4.69, 9.17) is 0 Å². The molecule has 2 fully saturated rings. The minimum atomic E-state index is -4.03. The van der Waals surface area contributed by atoms with Crippen molar-refractivity contribution >= 4 is 21.7 Å². The second kappa shape index (κ2) is 9.38. The molecule has 1 heterocycles. The summed E-state index contributed by atoms with van der Waals surface area (Å²) in [5, 5.41) is 10.7. The standard InChI is InChI=1S/C25H33F2N3O4S/c1-24(12-7-11-18(22(24)27)17-9-5-4-6-10-17)15-20-21(28-35(33,34)29(2)3)19(26)16-30(20)23(31)25(32)13-8-14-25/h4-7,9-12,19-22,28,32H,8,13-16H2,1-3H3/t19-,20-,21-,22?,24?/m0/s1. The maximum atomic E-state index is 16.1. The van der Waals surface area contributed by atoms with Crippen LogP contribution in [0.25, 0.3) is 5.57 Å². The first-order valence-corrected chi connectivity index (χ1v) is 13.3. The number of allylic oxidation sites excluding steroid dienone is 4. The molecule has 3 aliphatic rings. The van der Waals surface area contributed by atoms with Gasteiger partial charge in [-0.25, -0.2) is 8.78 Å². The summed E-state index contributed by atoms with van der Waals surface area (Å²) in [4.78, 5) is 14.5.